The lowest BCUT2D eigenvalue weighted by Crippen LogP contribution is -2.50. The third-order valence-electron chi connectivity index (χ3n) is 3.39. The number of aliphatic hydroxyl groups is 1. The van der Waals surface area contributed by atoms with Crippen LogP contribution in [-0.2, 0) is 4.79 Å². The minimum atomic E-state index is -0.646. The van der Waals surface area contributed by atoms with Crippen molar-refractivity contribution in [2.45, 2.75) is 39.2 Å². The van der Waals surface area contributed by atoms with Crippen molar-refractivity contribution in [3.8, 4) is 0 Å². The van der Waals surface area contributed by atoms with Crippen molar-refractivity contribution in [1.29, 1.82) is 0 Å². The van der Waals surface area contributed by atoms with E-state index in [0.717, 1.165) is 0 Å². The van der Waals surface area contributed by atoms with Crippen molar-refractivity contribution in [3.63, 3.8) is 0 Å². The van der Waals surface area contributed by atoms with Crippen LogP contribution < -0.4 is 5.73 Å². The van der Waals surface area contributed by atoms with Crippen LogP contribution in [0, 0.1) is 11.8 Å². The molecule has 1 heterocycles. The number of carbonyl (C=O) groups excluding carboxylic acids is 1. The summed E-state index contributed by atoms with van der Waals surface area (Å²) in [6.07, 6.45) is 1.22. The van der Waals surface area contributed by atoms with Crippen LogP contribution >= 0.6 is 12.2 Å². The molecule has 0 saturated carbocycles. The van der Waals surface area contributed by atoms with Gasteiger partial charge in [0, 0.05) is 13.1 Å². The van der Waals surface area contributed by atoms with Crippen molar-refractivity contribution >= 4 is 23.1 Å². The van der Waals surface area contributed by atoms with Crippen LogP contribution in [-0.4, -0.2) is 39.6 Å². The predicted octanol–water partition coefficient (Wildman–Crippen LogP) is 0.918. The number of nitrogens with two attached hydrogens (primary N) is 1. The molecule has 0 bridgehead atoms. The largest absolute Gasteiger partial charge is 0.393 e. The molecular weight excluding hydrogens is 236 g/mol. The van der Waals surface area contributed by atoms with E-state index in [9.17, 15) is 9.90 Å². The zero-order chi connectivity index (χ0) is 13.2. The Hall–Kier alpha value is -0.680. The van der Waals surface area contributed by atoms with Gasteiger partial charge in [-0.15, -0.1) is 0 Å². The second-order valence-corrected chi connectivity index (χ2v) is 5.92. The fraction of sp³-hybridized carbons (Fsp3) is 0.833. The Balaban J connectivity index is 2.67. The molecule has 0 aromatic heterocycles. The first-order chi connectivity index (χ1) is 7.74. The number of nitrogens with zero attached hydrogens (tertiary/aromatic N) is 1. The topological polar surface area (TPSA) is 66.6 Å². The highest BCUT2D eigenvalue weighted by Crippen LogP contribution is 2.24. The lowest BCUT2D eigenvalue weighted by molar-refractivity contribution is -0.138. The van der Waals surface area contributed by atoms with Gasteiger partial charge in [-0.3, -0.25) is 4.79 Å². The quantitative estimate of drug-likeness (QED) is 0.739. The van der Waals surface area contributed by atoms with Crippen molar-refractivity contribution in [2.75, 3.05) is 13.1 Å². The zero-order valence-corrected chi connectivity index (χ0v) is 11.6. The summed E-state index contributed by atoms with van der Waals surface area (Å²) in [5.74, 6) is -0.265. The Morgan fingerprint density at radius 2 is 1.88 bits per heavy atom. The van der Waals surface area contributed by atoms with Gasteiger partial charge in [0.2, 0.25) is 5.91 Å². The Labute approximate surface area is 108 Å². The first-order valence-electron chi connectivity index (χ1n) is 6.05. The molecule has 1 aliphatic rings. The first-order valence-corrected chi connectivity index (χ1v) is 6.46. The van der Waals surface area contributed by atoms with Gasteiger partial charge in [-0.05, 0) is 25.7 Å². The van der Waals surface area contributed by atoms with Gasteiger partial charge >= 0.3 is 0 Å². The van der Waals surface area contributed by atoms with E-state index in [2.05, 4.69) is 0 Å². The molecule has 1 amide bonds. The molecule has 0 radical (unpaired) electrons. The second-order valence-electron chi connectivity index (χ2n) is 5.45. The number of likely N-dealkylation sites (tertiary alicyclic amines) is 1. The molecule has 1 saturated heterocycles. The molecule has 0 aromatic rings. The predicted molar refractivity (Wildman–Crippen MR) is 71.6 cm³/mol. The summed E-state index contributed by atoms with van der Waals surface area (Å²) < 4.78 is 0. The molecule has 1 fully saturated rings. The van der Waals surface area contributed by atoms with Crippen molar-refractivity contribution < 1.29 is 9.90 Å². The molecule has 4 nitrogen and oxygen atoms in total. The highest BCUT2D eigenvalue weighted by molar-refractivity contribution is 7.80. The second kappa shape index (κ2) is 5.31. The number of thiocarbonyl (C=S) groups is 1. The summed E-state index contributed by atoms with van der Waals surface area (Å²) >= 11 is 4.96. The molecule has 0 spiro atoms. The van der Waals surface area contributed by atoms with Gasteiger partial charge in [0.15, 0.2) is 0 Å². The van der Waals surface area contributed by atoms with E-state index >= 15 is 0 Å². The van der Waals surface area contributed by atoms with E-state index < -0.39 is 5.60 Å². The monoisotopic (exact) mass is 258 g/mol. The number of amides is 1. The average molecular weight is 258 g/mol. The molecular formula is C12H22N2O2S. The van der Waals surface area contributed by atoms with Crippen LogP contribution in [0.15, 0.2) is 0 Å². The van der Waals surface area contributed by atoms with Crippen molar-refractivity contribution in [3.05, 3.63) is 0 Å². The third kappa shape index (κ3) is 3.64. The molecule has 1 atom stereocenters. The Kier molecular flexibility index (Phi) is 4.49. The van der Waals surface area contributed by atoms with Crippen LogP contribution in [0.4, 0.5) is 0 Å². The number of hydrogen-bond donors (Lipinski definition) is 2. The van der Waals surface area contributed by atoms with Gasteiger partial charge in [0.1, 0.15) is 0 Å². The van der Waals surface area contributed by atoms with Gasteiger partial charge in [-0.2, -0.15) is 0 Å². The lowest BCUT2D eigenvalue weighted by atomic mass is 9.90. The van der Waals surface area contributed by atoms with E-state index in [1.54, 1.807) is 4.90 Å². The Morgan fingerprint density at radius 1 is 1.41 bits per heavy atom. The number of piperidine rings is 1. The highest BCUT2D eigenvalue weighted by atomic mass is 32.1. The van der Waals surface area contributed by atoms with E-state index in [1.165, 1.54) is 0 Å². The summed E-state index contributed by atoms with van der Waals surface area (Å²) in [5, 5.41) is 9.84. The smallest absolute Gasteiger partial charge is 0.232 e. The molecule has 0 aliphatic carbocycles. The first kappa shape index (κ1) is 14.4. The molecule has 3 N–H and O–H groups in total. The van der Waals surface area contributed by atoms with Gasteiger partial charge < -0.3 is 15.7 Å². The van der Waals surface area contributed by atoms with E-state index in [-0.39, 0.29) is 22.7 Å². The maximum atomic E-state index is 12.3. The third-order valence-corrected chi connectivity index (χ3v) is 3.65. The van der Waals surface area contributed by atoms with E-state index in [4.69, 9.17) is 18.0 Å². The summed E-state index contributed by atoms with van der Waals surface area (Å²) in [6, 6.07) is 0. The molecule has 1 unspecified atom stereocenters. The van der Waals surface area contributed by atoms with Gasteiger partial charge in [-0.1, -0.05) is 26.1 Å². The van der Waals surface area contributed by atoms with Crippen LogP contribution in [0.2, 0.25) is 0 Å². The van der Waals surface area contributed by atoms with Gasteiger partial charge in [0.25, 0.3) is 0 Å². The minimum Gasteiger partial charge on any atom is -0.393 e. The van der Waals surface area contributed by atoms with Gasteiger partial charge in [0.05, 0.1) is 16.5 Å². The molecule has 5 heteroatoms. The van der Waals surface area contributed by atoms with Gasteiger partial charge in [-0.25, -0.2) is 0 Å². The van der Waals surface area contributed by atoms with Crippen LogP contribution in [0.1, 0.15) is 33.6 Å². The highest BCUT2D eigenvalue weighted by Gasteiger charge is 2.34. The lowest BCUT2D eigenvalue weighted by Gasteiger charge is -2.37. The Morgan fingerprint density at radius 3 is 2.24 bits per heavy atom. The van der Waals surface area contributed by atoms with Crippen molar-refractivity contribution in [1.82, 2.24) is 4.90 Å². The zero-order valence-electron chi connectivity index (χ0n) is 10.8. The molecule has 98 valence electrons. The molecule has 17 heavy (non-hydrogen) atoms. The molecule has 1 aliphatic heterocycles. The van der Waals surface area contributed by atoms with Crippen LogP contribution in [0.5, 0.6) is 0 Å². The minimum absolute atomic E-state index is 0.00278. The number of rotatable bonds is 3. The number of hydrogen-bond acceptors (Lipinski definition) is 3. The maximum absolute atomic E-state index is 12.3. The summed E-state index contributed by atoms with van der Waals surface area (Å²) in [7, 11) is 0. The van der Waals surface area contributed by atoms with Crippen LogP contribution in [0.3, 0.4) is 0 Å². The fourth-order valence-electron chi connectivity index (χ4n) is 2.14. The summed E-state index contributed by atoms with van der Waals surface area (Å²) in [6.45, 7) is 6.86. The fourth-order valence-corrected chi connectivity index (χ4v) is 2.51. The summed E-state index contributed by atoms with van der Waals surface area (Å²) in [5.41, 5.74) is 4.99. The van der Waals surface area contributed by atoms with Crippen LogP contribution in [0.25, 0.3) is 0 Å². The van der Waals surface area contributed by atoms with Crippen molar-refractivity contribution in [2.24, 2.45) is 17.6 Å². The normalized spacial score (nSPS) is 21.4. The molecule has 1 rings (SSSR count). The number of carbonyl (C=O) groups is 1. The summed E-state index contributed by atoms with van der Waals surface area (Å²) in [4.78, 5) is 14.3. The average Bonchev–Trinajstić information content (AvgIpc) is 2.15. The van der Waals surface area contributed by atoms with E-state index in [1.807, 2.05) is 20.8 Å². The van der Waals surface area contributed by atoms with E-state index in [0.29, 0.717) is 25.9 Å². The molecule has 0 aromatic carbocycles. The SMILES string of the molecule is CC(C)C(C(=O)N1CCC(C)(O)CC1)C(N)=S. The Bertz CT molecular complexity index is 306. The standard InChI is InChI=1S/C12H22N2O2S/c1-8(2)9(10(13)17)11(15)14-6-4-12(3,16)5-7-14/h8-9,16H,4-7H2,1-3H3,(H2,13,17). The maximum Gasteiger partial charge on any atom is 0.232 e.